The van der Waals surface area contributed by atoms with E-state index in [2.05, 4.69) is 30.2 Å². The molecule has 0 spiro atoms. The quantitative estimate of drug-likeness (QED) is 0.655. The van der Waals surface area contributed by atoms with Crippen LogP contribution in [0.4, 0.5) is 5.95 Å². The van der Waals surface area contributed by atoms with Crippen molar-refractivity contribution >= 4 is 17.4 Å². The molecular formula is C18H17N9O. The third kappa shape index (κ3) is 2.55. The maximum absolute atomic E-state index is 11.7. The average Bonchev–Trinajstić information content (AvgIpc) is 3.30. The van der Waals surface area contributed by atoms with Crippen molar-refractivity contribution < 1.29 is 4.79 Å². The Balaban J connectivity index is 1.81. The average molecular weight is 375 g/mol. The molecule has 0 atom stereocenters. The fourth-order valence-electron chi connectivity index (χ4n) is 3.65. The molecule has 0 saturated heterocycles. The lowest BCUT2D eigenvalue weighted by molar-refractivity contribution is 0.0994. The molecule has 1 amide bonds. The molecule has 3 aromatic heterocycles. The normalized spacial score (nSPS) is 20.9. The van der Waals surface area contributed by atoms with Crippen LogP contribution < -0.4 is 11.1 Å². The smallest absolute Gasteiger partial charge is 0.267 e. The zero-order chi connectivity index (χ0) is 19.9. The highest BCUT2D eigenvalue weighted by molar-refractivity contribution is 5.93. The molecule has 10 heteroatoms. The molecule has 1 aliphatic carbocycles. The van der Waals surface area contributed by atoms with E-state index in [9.17, 15) is 4.79 Å². The number of carbonyl (C=O) groups is 1. The number of amides is 1. The summed E-state index contributed by atoms with van der Waals surface area (Å²) in [5, 5.41) is 11.6. The van der Waals surface area contributed by atoms with Crippen molar-refractivity contribution in [3.05, 3.63) is 53.1 Å². The number of hydrogen-bond acceptors (Lipinski definition) is 5. The Morgan fingerprint density at radius 3 is 2.86 bits per heavy atom. The summed E-state index contributed by atoms with van der Waals surface area (Å²) in [6.45, 7) is 14.7. The highest BCUT2D eigenvalue weighted by Crippen LogP contribution is 2.42. The van der Waals surface area contributed by atoms with Gasteiger partial charge in [-0.2, -0.15) is 5.10 Å². The first-order valence-electron chi connectivity index (χ1n) is 8.64. The Morgan fingerprint density at radius 1 is 1.43 bits per heavy atom. The van der Waals surface area contributed by atoms with Crippen LogP contribution in [-0.4, -0.2) is 49.9 Å². The van der Waals surface area contributed by atoms with Crippen LogP contribution in [0.2, 0.25) is 0 Å². The molecule has 0 aliphatic heterocycles. The van der Waals surface area contributed by atoms with Gasteiger partial charge in [0.05, 0.1) is 24.6 Å². The van der Waals surface area contributed by atoms with Crippen LogP contribution in [0.15, 0.2) is 24.5 Å². The fourth-order valence-corrected chi connectivity index (χ4v) is 3.65. The molecule has 10 nitrogen and oxygen atoms in total. The van der Waals surface area contributed by atoms with Crippen molar-refractivity contribution in [2.45, 2.75) is 24.4 Å². The number of fused-ring (bicyclic) bond motifs is 1. The van der Waals surface area contributed by atoms with E-state index >= 15 is 0 Å². The summed E-state index contributed by atoms with van der Waals surface area (Å²) in [6, 6.07) is 3.27. The van der Waals surface area contributed by atoms with Gasteiger partial charge in [-0.25, -0.2) is 22.6 Å². The lowest BCUT2D eigenvalue weighted by Crippen LogP contribution is -2.50. The van der Waals surface area contributed by atoms with Crippen LogP contribution in [0, 0.1) is 13.1 Å². The van der Waals surface area contributed by atoms with Gasteiger partial charge in [-0.15, -0.1) is 5.10 Å². The summed E-state index contributed by atoms with van der Waals surface area (Å²) >= 11 is 0. The van der Waals surface area contributed by atoms with Crippen LogP contribution >= 0.6 is 0 Å². The summed E-state index contributed by atoms with van der Waals surface area (Å²) in [5.74, 6) is -0.250. The molecule has 0 radical (unpaired) electrons. The number of nitrogens with two attached hydrogens (primary N) is 1. The van der Waals surface area contributed by atoms with E-state index in [1.54, 1.807) is 30.1 Å². The van der Waals surface area contributed by atoms with Crippen LogP contribution in [0.25, 0.3) is 26.5 Å². The Bertz CT molecular complexity index is 1150. The third-order valence-electron chi connectivity index (χ3n) is 5.12. The maximum Gasteiger partial charge on any atom is 0.267 e. The van der Waals surface area contributed by atoms with Crippen LogP contribution in [0.5, 0.6) is 0 Å². The lowest BCUT2D eigenvalue weighted by atomic mass is 9.73. The van der Waals surface area contributed by atoms with Gasteiger partial charge in [0.15, 0.2) is 0 Å². The highest BCUT2D eigenvalue weighted by atomic mass is 16.1. The monoisotopic (exact) mass is 375 g/mol. The van der Waals surface area contributed by atoms with Crippen molar-refractivity contribution in [2.75, 3.05) is 18.9 Å². The van der Waals surface area contributed by atoms with Gasteiger partial charge in [-0.05, 0) is 12.1 Å². The van der Waals surface area contributed by atoms with E-state index < -0.39 is 11.4 Å². The van der Waals surface area contributed by atoms with Crippen LogP contribution in [0.1, 0.15) is 23.3 Å². The van der Waals surface area contributed by atoms with Gasteiger partial charge in [0.2, 0.25) is 18.5 Å². The number of aromatic nitrogens is 5. The predicted octanol–water partition coefficient (Wildman–Crippen LogP) is 1.43. The van der Waals surface area contributed by atoms with Crippen molar-refractivity contribution in [1.29, 1.82) is 0 Å². The zero-order valence-corrected chi connectivity index (χ0v) is 15.1. The van der Waals surface area contributed by atoms with Gasteiger partial charge in [0, 0.05) is 18.8 Å². The maximum atomic E-state index is 11.7. The molecule has 28 heavy (non-hydrogen) atoms. The summed E-state index contributed by atoms with van der Waals surface area (Å²) in [6.07, 6.45) is 4.73. The van der Waals surface area contributed by atoms with Gasteiger partial charge in [0.25, 0.3) is 5.91 Å². The van der Waals surface area contributed by atoms with Crippen molar-refractivity contribution in [3.8, 4) is 11.3 Å². The third-order valence-corrected chi connectivity index (χ3v) is 5.12. The number of nitrogens with one attached hydrogen (secondary N) is 1. The molecule has 140 valence electrons. The molecule has 3 aromatic rings. The van der Waals surface area contributed by atoms with Crippen LogP contribution in [0.3, 0.4) is 0 Å². The standard InChI is InChI=1S/C18H17N9O/c1-20-10-18(6-12(7-18)21-2)26-9-11(8-23-26)15-13-4-5-14(16(19)28)27(13)25-17(22-3)24-15/h4-5,8-9,12H,6-7,10H2,3H3,(H2,19,28)(H,22,25). The molecule has 0 bridgehead atoms. The van der Waals surface area contributed by atoms with Crippen LogP contribution in [-0.2, 0) is 5.54 Å². The first kappa shape index (κ1) is 17.5. The Morgan fingerprint density at radius 2 is 2.21 bits per heavy atom. The summed E-state index contributed by atoms with van der Waals surface area (Å²) in [5.41, 5.74) is 7.19. The minimum Gasteiger partial charge on any atom is -0.364 e. The summed E-state index contributed by atoms with van der Waals surface area (Å²) in [7, 11) is 1.69. The van der Waals surface area contributed by atoms with E-state index in [0.29, 0.717) is 30.0 Å². The SMILES string of the molecule is [C-]#[N+]CC1(n2cc(-c3nc(NC)nn4c(C(N)=O)ccc34)cn2)CC([N+]#[C-])C1. The Labute approximate surface area is 160 Å². The molecule has 3 heterocycles. The minimum absolute atomic E-state index is 0.0696. The number of carbonyl (C=O) groups excluding carboxylic acids is 1. The molecular weight excluding hydrogens is 358 g/mol. The molecule has 1 aliphatic rings. The van der Waals surface area contributed by atoms with E-state index in [1.165, 1.54) is 4.52 Å². The van der Waals surface area contributed by atoms with Gasteiger partial charge in [0.1, 0.15) is 16.9 Å². The fraction of sp³-hybridized carbons (Fsp3) is 0.333. The zero-order valence-electron chi connectivity index (χ0n) is 15.1. The van der Waals surface area contributed by atoms with Crippen molar-refractivity contribution in [3.63, 3.8) is 0 Å². The summed E-state index contributed by atoms with van der Waals surface area (Å²) in [4.78, 5) is 23.3. The molecule has 1 saturated carbocycles. The molecule has 0 aromatic carbocycles. The van der Waals surface area contributed by atoms with E-state index in [4.69, 9.17) is 18.9 Å². The largest absolute Gasteiger partial charge is 0.364 e. The van der Waals surface area contributed by atoms with E-state index in [0.717, 1.165) is 5.56 Å². The number of primary amides is 1. The highest BCUT2D eigenvalue weighted by Gasteiger charge is 2.53. The minimum atomic E-state index is -0.585. The lowest BCUT2D eigenvalue weighted by Gasteiger charge is -2.37. The Hall–Kier alpha value is -3.92. The first-order chi connectivity index (χ1) is 13.5. The first-order valence-corrected chi connectivity index (χ1v) is 8.64. The van der Waals surface area contributed by atoms with Gasteiger partial charge in [-0.3, -0.25) is 9.48 Å². The Kier molecular flexibility index (Phi) is 3.97. The molecule has 4 rings (SSSR count). The number of hydrogen-bond donors (Lipinski definition) is 2. The second kappa shape index (κ2) is 6.35. The second-order valence-corrected chi connectivity index (χ2v) is 6.82. The van der Waals surface area contributed by atoms with Crippen molar-refractivity contribution in [2.24, 2.45) is 5.73 Å². The topological polar surface area (TPSA) is 112 Å². The predicted molar refractivity (Wildman–Crippen MR) is 101 cm³/mol. The number of rotatable bonds is 5. The summed E-state index contributed by atoms with van der Waals surface area (Å²) < 4.78 is 3.23. The van der Waals surface area contributed by atoms with Gasteiger partial charge in [-0.1, -0.05) is 0 Å². The van der Waals surface area contributed by atoms with Crippen molar-refractivity contribution in [1.82, 2.24) is 24.4 Å². The molecule has 1 fully saturated rings. The van der Waals surface area contributed by atoms with Gasteiger partial charge < -0.3 is 20.7 Å². The van der Waals surface area contributed by atoms with E-state index in [-0.39, 0.29) is 18.3 Å². The number of nitrogens with zero attached hydrogens (tertiary/aromatic N) is 7. The molecule has 3 N–H and O–H groups in total. The van der Waals surface area contributed by atoms with E-state index in [1.807, 2.05) is 6.20 Å². The second-order valence-electron chi connectivity index (χ2n) is 6.82. The number of anilines is 1. The molecule has 0 unspecified atom stereocenters. The van der Waals surface area contributed by atoms with Gasteiger partial charge >= 0.3 is 0 Å².